The van der Waals surface area contributed by atoms with Crippen molar-refractivity contribution in [2.75, 3.05) is 19.8 Å². The first-order valence-corrected chi connectivity index (χ1v) is 7.19. The van der Waals surface area contributed by atoms with Gasteiger partial charge in [-0.25, -0.2) is 0 Å². The van der Waals surface area contributed by atoms with Crippen LogP contribution in [0.15, 0.2) is 18.2 Å². The average molecular weight is 295 g/mol. The third-order valence-electron chi connectivity index (χ3n) is 3.83. The summed E-state index contributed by atoms with van der Waals surface area (Å²) in [6.45, 7) is 5.47. The Morgan fingerprint density at radius 2 is 1.95 bits per heavy atom. The van der Waals surface area contributed by atoms with Crippen molar-refractivity contribution < 1.29 is 19.7 Å². The fraction of sp³-hybridized carbons (Fsp3) is 0.562. The number of benzene rings is 1. The van der Waals surface area contributed by atoms with Gasteiger partial charge in [0.15, 0.2) is 0 Å². The normalized spacial score (nSPS) is 11.3. The Balaban J connectivity index is 2.49. The molecular formula is C16H25NO4. The fourth-order valence-electron chi connectivity index (χ4n) is 1.93. The van der Waals surface area contributed by atoms with E-state index in [1.807, 2.05) is 32.0 Å². The van der Waals surface area contributed by atoms with E-state index >= 15 is 0 Å². The second-order valence-electron chi connectivity index (χ2n) is 5.29. The number of carbonyl (C=O) groups is 1. The van der Waals surface area contributed by atoms with Gasteiger partial charge in [-0.15, -0.1) is 0 Å². The van der Waals surface area contributed by atoms with Gasteiger partial charge in [0.2, 0.25) is 5.91 Å². The van der Waals surface area contributed by atoms with E-state index in [-0.39, 0.29) is 32.1 Å². The van der Waals surface area contributed by atoms with E-state index in [0.29, 0.717) is 6.42 Å². The van der Waals surface area contributed by atoms with Crippen molar-refractivity contribution in [1.82, 2.24) is 5.32 Å². The molecule has 0 bridgehead atoms. The highest BCUT2D eigenvalue weighted by Gasteiger charge is 2.28. The molecule has 0 aliphatic heterocycles. The van der Waals surface area contributed by atoms with Crippen LogP contribution < -0.4 is 10.1 Å². The van der Waals surface area contributed by atoms with Crippen LogP contribution in [0.1, 0.15) is 30.9 Å². The van der Waals surface area contributed by atoms with E-state index < -0.39 is 5.54 Å². The van der Waals surface area contributed by atoms with Crippen molar-refractivity contribution in [1.29, 1.82) is 0 Å². The van der Waals surface area contributed by atoms with Gasteiger partial charge < -0.3 is 20.3 Å². The number of aliphatic hydroxyl groups is 2. The molecule has 0 spiro atoms. The van der Waals surface area contributed by atoms with Gasteiger partial charge in [0.1, 0.15) is 5.75 Å². The Kier molecular flexibility index (Phi) is 6.65. The van der Waals surface area contributed by atoms with E-state index in [2.05, 4.69) is 5.32 Å². The maximum atomic E-state index is 11.9. The topological polar surface area (TPSA) is 78.8 Å². The summed E-state index contributed by atoms with van der Waals surface area (Å²) in [6.07, 6.45) is 0.638. The van der Waals surface area contributed by atoms with Gasteiger partial charge in [0.05, 0.1) is 31.8 Å². The molecule has 1 aromatic carbocycles. The number of ether oxygens (including phenoxy) is 1. The van der Waals surface area contributed by atoms with E-state index in [1.165, 1.54) is 0 Å². The van der Waals surface area contributed by atoms with Crippen LogP contribution in [0.25, 0.3) is 0 Å². The van der Waals surface area contributed by atoms with Crippen molar-refractivity contribution in [2.24, 2.45) is 0 Å². The van der Waals surface area contributed by atoms with Crippen molar-refractivity contribution in [2.45, 2.75) is 39.2 Å². The van der Waals surface area contributed by atoms with Crippen LogP contribution in [0.5, 0.6) is 5.75 Å². The highest BCUT2D eigenvalue weighted by molar-refractivity contribution is 5.77. The third kappa shape index (κ3) is 4.72. The highest BCUT2D eigenvalue weighted by Crippen LogP contribution is 2.20. The van der Waals surface area contributed by atoms with E-state index in [0.717, 1.165) is 16.9 Å². The summed E-state index contributed by atoms with van der Waals surface area (Å²) in [6, 6.07) is 5.79. The molecule has 0 saturated heterocycles. The first kappa shape index (κ1) is 17.5. The molecule has 3 N–H and O–H groups in total. The third-order valence-corrected chi connectivity index (χ3v) is 3.83. The molecule has 1 amide bonds. The van der Waals surface area contributed by atoms with Gasteiger partial charge in [-0.2, -0.15) is 0 Å². The molecule has 21 heavy (non-hydrogen) atoms. The van der Waals surface area contributed by atoms with Crippen molar-refractivity contribution in [3.8, 4) is 5.75 Å². The molecule has 5 nitrogen and oxygen atoms in total. The minimum absolute atomic E-state index is 0.176. The van der Waals surface area contributed by atoms with E-state index in [4.69, 9.17) is 4.74 Å². The summed E-state index contributed by atoms with van der Waals surface area (Å²) in [5.41, 5.74) is 1.25. The molecule has 5 heteroatoms. The molecule has 0 aliphatic carbocycles. The molecule has 0 unspecified atom stereocenters. The average Bonchev–Trinajstić information content (AvgIpc) is 2.49. The number of nitrogens with one attached hydrogen (secondary N) is 1. The predicted molar refractivity (Wildman–Crippen MR) is 81.4 cm³/mol. The minimum Gasteiger partial charge on any atom is -0.493 e. The molecule has 0 atom stereocenters. The summed E-state index contributed by atoms with van der Waals surface area (Å²) >= 11 is 0. The van der Waals surface area contributed by atoms with Crippen molar-refractivity contribution >= 4 is 5.91 Å². The summed E-state index contributed by atoms with van der Waals surface area (Å²) < 4.78 is 5.62. The molecule has 0 aromatic heterocycles. The summed E-state index contributed by atoms with van der Waals surface area (Å²) in [7, 11) is 0. The lowest BCUT2D eigenvalue weighted by Crippen LogP contribution is -2.54. The Morgan fingerprint density at radius 1 is 1.29 bits per heavy atom. The largest absolute Gasteiger partial charge is 0.493 e. The van der Waals surface area contributed by atoms with Crippen molar-refractivity contribution in [3.05, 3.63) is 29.3 Å². The van der Waals surface area contributed by atoms with Gasteiger partial charge in [-0.3, -0.25) is 4.79 Å². The number of aryl methyl sites for hydroxylation is 1. The number of rotatable bonds is 8. The standard InChI is InChI=1S/C16H25NO4/c1-4-16(10-18,11-19)17-15(20)8-9-21-14-7-5-6-12(2)13(14)3/h5-7,18-19H,4,8-11H2,1-3H3,(H,17,20). The Hall–Kier alpha value is -1.59. The van der Waals surface area contributed by atoms with Crippen LogP contribution in [-0.4, -0.2) is 41.5 Å². The number of hydrogen-bond donors (Lipinski definition) is 3. The fourth-order valence-corrected chi connectivity index (χ4v) is 1.93. The summed E-state index contributed by atoms with van der Waals surface area (Å²) in [5, 5.41) is 21.3. The van der Waals surface area contributed by atoms with E-state index in [9.17, 15) is 15.0 Å². The van der Waals surface area contributed by atoms with Crippen LogP contribution >= 0.6 is 0 Å². The van der Waals surface area contributed by atoms with Gasteiger partial charge in [0, 0.05) is 0 Å². The van der Waals surface area contributed by atoms with Gasteiger partial charge in [-0.1, -0.05) is 19.1 Å². The summed E-state index contributed by atoms with van der Waals surface area (Å²) in [5.74, 6) is 0.527. The maximum Gasteiger partial charge on any atom is 0.224 e. The predicted octanol–water partition coefficient (Wildman–Crippen LogP) is 1.32. The van der Waals surface area contributed by atoms with Gasteiger partial charge in [0.25, 0.3) is 0 Å². The quantitative estimate of drug-likeness (QED) is 0.676. The molecular weight excluding hydrogens is 270 g/mol. The lowest BCUT2D eigenvalue weighted by Gasteiger charge is -2.29. The van der Waals surface area contributed by atoms with Gasteiger partial charge in [-0.05, 0) is 37.5 Å². The molecule has 0 saturated carbocycles. The van der Waals surface area contributed by atoms with E-state index in [1.54, 1.807) is 6.92 Å². The molecule has 0 heterocycles. The Morgan fingerprint density at radius 3 is 2.52 bits per heavy atom. The monoisotopic (exact) mass is 295 g/mol. The Bertz CT molecular complexity index is 461. The highest BCUT2D eigenvalue weighted by atomic mass is 16.5. The SMILES string of the molecule is CCC(CO)(CO)NC(=O)CCOc1cccc(C)c1C. The smallest absolute Gasteiger partial charge is 0.224 e. The maximum absolute atomic E-state index is 11.9. The first-order chi connectivity index (χ1) is 9.98. The molecule has 1 aromatic rings. The summed E-state index contributed by atoms with van der Waals surface area (Å²) in [4.78, 5) is 11.9. The first-order valence-electron chi connectivity index (χ1n) is 7.19. The second-order valence-corrected chi connectivity index (χ2v) is 5.29. The number of aliphatic hydroxyl groups excluding tert-OH is 2. The van der Waals surface area contributed by atoms with Crippen LogP contribution in [0.2, 0.25) is 0 Å². The molecule has 0 fully saturated rings. The zero-order valence-corrected chi connectivity index (χ0v) is 13.0. The number of carbonyl (C=O) groups excluding carboxylic acids is 1. The second kappa shape index (κ2) is 8.00. The van der Waals surface area contributed by atoms with Gasteiger partial charge >= 0.3 is 0 Å². The molecule has 0 radical (unpaired) electrons. The minimum atomic E-state index is -0.948. The van der Waals surface area contributed by atoms with Crippen molar-refractivity contribution in [3.63, 3.8) is 0 Å². The lowest BCUT2D eigenvalue weighted by atomic mass is 9.98. The molecule has 0 aliphatic rings. The zero-order valence-electron chi connectivity index (χ0n) is 13.0. The number of amides is 1. The lowest BCUT2D eigenvalue weighted by molar-refractivity contribution is -0.125. The van der Waals surface area contributed by atoms with Crippen LogP contribution in [0, 0.1) is 13.8 Å². The Labute approximate surface area is 125 Å². The van der Waals surface area contributed by atoms with Crippen LogP contribution in [0.3, 0.4) is 0 Å². The van der Waals surface area contributed by atoms with Crippen LogP contribution in [-0.2, 0) is 4.79 Å². The zero-order chi connectivity index (χ0) is 15.9. The van der Waals surface area contributed by atoms with Crippen LogP contribution in [0.4, 0.5) is 0 Å². The molecule has 1 rings (SSSR count). The molecule has 118 valence electrons. The number of hydrogen-bond acceptors (Lipinski definition) is 4.